The maximum atomic E-state index is 14.3. The lowest BCUT2D eigenvalue weighted by Crippen LogP contribution is -2.08. The molecule has 1 aromatic heterocycles. The summed E-state index contributed by atoms with van der Waals surface area (Å²) < 4.78 is 45.1. The molecule has 0 aliphatic heterocycles. The third-order valence-electron chi connectivity index (χ3n) is 5.10. The number of hydrogen-bond donors (Lipinski definition) is 2. The number of hydrogen-bond acceptors (Lipinski definition) is 4. The number of pyridine rings is 1. The zero-order valence-electron chi connectivity index (χ0n) is 18.2. The second-order valence-corrected chi connectivity index (χ2v) is 8.82. The highest BCUT2D eigenvalue weighted by atomic mass is 32.2. The molecule has 0 saturated carbocycles. The summed E-state index contributed by atoms with van der Waals surface area (Å²) in [5.41, 5.74) is 2.93. The van der Waals surface area contributed by atoms with E-state index in [0.29, 0.717) is 34.2 Å². The van der Waals surface area contributed by atoms with Gasteiger partial charge in [0.1, 0.15) is 22.6 Å². The fraction of sp³-hybridized carbons (Fsp3) is 0.250. The topological polar surface area (TPSA) is 103 Å². The number of carbonyl (C=O) groups is 1. The van der Waals surface area contributed by atoms with Gasteiger partial charge in [0.25, 0.3) is 0 Å². The average molecular weight is 475 g/mol. The molecule has 174 valence electrons. The van der Waals surface area contributed by atoms with Crippen molar-refractivity contribution < 1.29 is 27.6 Å². The summed E-state index contributed by atoms with van der Waals surface area (Å²) in [6.07, 6.45) is 1.65. The molecule has 3 rings (SSSR count). The number of nitrogens with two attached hydrogens (primary N) is 1. The predicted octanol–water partition coefficient (Wildman–Crippen LogP) is 4.38. The molecule has 2 aromatic carbocycles. The molecule has 33 heavy (non-hydrogen) atoms. The van der Waals surface area contributed by atoms with E-state index in [1.54, 1.807) is 18.2 Å². The van der Waals surface area contributed by atoms with Crippen LogP contribution in [-0.2, 0) is 28.6 Å². The van der Waals surface area contributed by atoms with Crippen molar-refractivity contribution in [2.45, 2.75) is 37.5 Å². The predicted molar refractivity (Wildman–Crippen MR) is 121 cm³/mol. The van der Waals surface area contributed by atoms with Crippen molar-refractivity contribution in [2.75, 3.05) is 6.61 Å². The number of ether oxygens (including phenoxy) is 1. The maximum absolute atomic E-state index is 14.3. The lowest BCUT2D eigenvalue weighted by atomic mass is 9.88. The Morgan fingerprint density at radius 1 is 1.18 bits per heavy atom. The summed E-state index contributed by atoms with van der Waals surface area (Å²) in [6, 6.07) is 10.2. The Labute approximate surface area is 193 Å². The molecule has 3 N–H and O–H groups in total. The SMILES string of the molecule is CC(C)c1cc(F)cc(-c2ccnc(OCCc3ccc(F)c(S(N)=O)c3)c2)c1CC(=O)O. The summed E-state index contributed by atoms with van der Waals surface area (Å²) in [5, 5.41) is 14.7. The van der Waals surface area contributed by atoms with Crippen LogP contribution in [0.2, 0.25) is 0 Å². The van der Waals surface area contributed by atoms with E-state index >= 15 is 0 Å². The minimum atomic E-state index is -1.93. The van der Waals surface area contributed by atoms with Gasteiger partial charge in [-0.25, -0.2) is 23.1 Å². The Bertz CT molecular complexity index is 1200. The van der Waals surface area contributed by atoms with Gasteiger partial charge in [0.15, 0.2) is 0 Å². The Balaban J connectivity index is 1.84. The highest BCUT2D eigenvalue weighted by Crippen LogP contribution is 2.33. The number of aromatic nitrogens is 1. The van der Waals surface area contributed by atoms with Crippen LogP contribution in [0.15, 0.2) is 53.6 Å². The minimum Gasteiger partial charge on any atom is -0.481 e. The van der Waals surface area contributed by atoms with Crippen molar-refractivity contribution in [3.8, 4) is 17.0 Å². The number of rotatable bonds is 9. The molecule has 0 aliphatic carbocycles. The van der Waals surface area contributed by atoms with Crippen molar-refractivity contribution in [2.24, 2.45) is 5.14 Å². The van der Waals surface area contributed by atoms with Gasteiger partial charge < -0.3 is 9.84 Å². The van der Waals surface area contributed by atoms with E-state index in [2.05, 4.69) is 4.98 Å². The normalized spacial score (nSPS) is 12.1. The molecule has 1 unspecified atom stereocenters. The molecule has 0 aliphatic rings. The van der Waals surface area contributed by atoms with Crippen LogP contribution in [0.1, 0.15) is 36.5 Å². The van der Waals surface area contributed by atoms with Gasteiger partial charge in [-0.3, -0.25) is 4.79 Å². The second-order valence-electron chi connectivity index (χ2n) is 7.79. The second kappa shape index (κ2) is 10.6. The fourth-order valence-electron chi connectivity index (χ4n) is 3.57. The molecular weight excluding hydrogens is 450 g/mol. The highest BCUT2D eigenvalue weighted by molar-refractivity contribution is 7.82. The van der Waals surface area contributed by atoms with Crippen molar-refractivity contribution in [3.63, 3.8) is 0 Å². The van der Waals surface area contributed by atoms with Crippen LogP contribution in [0.3, 0.4) is 0 Å². The number of halogens is 2. The van der Waals surface area contributed by atoms with Gasteiger partial charge >= 0.3 is 5.97 Å². The molecule has 0 fully saturated rings. The van der Waals surface area contributed by atoms with Crippen LogP contribution in [0.5, 0.6) is 5.88 Å². The quantitative estimate of drug-likeness (QED) is 0.479. The lowest BCUT2D eigenvalue weighted by Gasteiger charge is -2.17. The summed E-state index contributed by atoms with van der Waals surface area (Å²) in [7, 11) is -1.93. The van der Waals surface area contributed by atoms with Crippen LogP contribution in [0, 0.1) is 11.6 Å². The third-order valence-corrected chi connectivity index (χ3v) is 5.84. The molecule has 0 saturated heterocycles. The van der Waals surface area contributed by atoms with E-state index in [9.17, 15) is 22.9 Å². The van der Waals surface area contributed by atoms with Gasteiger partial charge in [-0.1, -0.05) is 19.9 Å². The van der Waals surface area contributed by atoms with Crippen LogP contribution < -0.4 is 9.88 Å². The summed E-state index contributed by atoms with van der Waals surface area (Å²) >= 11 is 0. The van der Waals surface area contributed by atoms with E-state index in [4.69, 9.17) is 9.88 Å². The molecule has 3 aromatic rings. The zero-order valence-corrected chi connectivity index (χ0v) is 19.0. The first-order valence-corrected chi connectivity index (χ1v) is 11.4. The fourth-order valence-corrected chi connectivity index (χ4v) is 4.09. The first-order valence-electron chi connectivity index (χ1n) is 10.2. The van der Waals surface area contributed by atoms with Gasteiger partial charge in [-0.15, -0.1) is 0 Å². The lowest BCUT2D eigenvalue weighted by molar-refractivity contribution is -0.136. The van der Waals surface area contributed by atoms with Gasteiger partial charge in [0.05, 0.1) is 17.9 Å². The van der Waals surface area contributed by atoms with E-state index in [1.165, 1.54) is 30.5 Å². The molecule has 0 spiro atoms. The van der Waals surface area contributed by atoms with Crippen molar-refractivity contribution >= 4 is 17.0 Å². The summed E-state index contributed by atoms with van der Waals surface area (Å²) in [4.78, 5) is 15.5. The number of carboxylic acid groups (broad SMARTS) is 1. The Kier molecular flexibility index (Phi) is 7.88. The van der Waals surface area contributed by atoms with Crippen molar-refractivity contribution in [1.82, 2.24) is 4.98 Å². The first kappa shape index (κ1) is 24.5. The molecule has 9 heteroatoms. The van der Waals surface area contributed by atoms with E-state index < -0.39 is 28.6 Å². The molecule has 0 bridgehead atoms. The summed E-state index contributed by atoms with van der Waals surface area (Å²) in [5.74, 6) is -1.88. The zero-order chi connectivity index (χ0) is 24.1. The van der Waals surface area contributed by atoms with E-state index in [-0.39, 0.29) is 29.7 Å². The van der Waals surface area contributed by atoms with Crippen LogP contribution in [-0.4, -0.2) is 26.9 Å². The van der Waals surface area contributed by atoms with Gasteiger partial charge in [-0.2, -0.15) is 0 Å². The number of benzene rings is 2. The molecule has 6 nitrogen and oxygen atoms in total. The molecular formula is C24H24F2N2O4S. The Morgan fingerprint density at radius 3 is 2.61 bits per heavy atom. The standard InChI is InChI=1S/C24H24F2N2O4S/c1-14(2)18-11-17(25)12-19(20(18)13-24(29)30)16-5-7-28-23(10-16)32-8-6-15-3-4-21(26)22(9-15)33(27)31/h3-5,7,9-12,14H,6,8,13,27H2,1-2H3,(H,29,30). The van der Waals surface area contributed by atoms with Crippen molar-refractivity contribution in [1.29, 1.82) is 0 Å². The summed E-state index contributed by atoms with van der Waals surface area (Å²) in [6.45, 7) is 3.96. The van der Waals surface area contributed by atoms with Gasteiger partial charge in [-0.05, 0) is 64.1 Å². The Hall–Kier alpha value is -3.17. The molecule has 1 heterocycles. The number of aliphatic carboxylic acids is 1. The van der Waals surface area contributed by atoms with E-state index in [0.717, 1.165) is 0 Å². The molecule has 1 atom stereocenters. The molecule has 0 amide bonds. The minimum absolute atomic E-state index is 0.0604. The smallest absolute Gasteiger partial charge is 0.307 e. The highest BCUT2D eigenvalue weighted by Gasteiger charge is 2.18. The van der Waals surface area contributed by atoms with Crippen molar-refractivity contribution in [3.05, 3.63) is 77.0 Å². The van der Waals surface area contributed by atoms with Gasteiger partial charge in [0, 0.05) is 18.7 Å². The first-order chi connectivity index (χ1) is 15.7. The number of carboxylic acids is 1. The monoisotopic (exact) mass is 474 g/mol. The molecule has 0 radical (unpaired) electrons. The van der Waals surface area contributed by atoms with Crippen LogP contribution in [0.25, 0.3) is 11.1 Å². The van der Waals surface area contributed by atoms with Crippen LogP contribution in [0.4, 0.5) is 8.78 Å². The largest absolute Gasteiger partial charge is 0.481 e. The van der Waals surface area contributed by atoms with Crippen LogP contribution >= 0.6 is 0 Å². The number of nitrogens with zero attached hydrogens (tertiary/aromatic N) is 1. The third kappa shape index (κ3) is 6.21. The van der Waals surface area contributed by atoms with E-state index in [1.807, 2.05) is 13.8 Å². The van der Waals surface area contributed by atoms with Gasteiger partial charge in [0.2, 0.25) is 5.88 Å². The maximum Gasteiger partial charge on any atom is 0.307 e. The average Bonchev–Trinajstić information content (AvgIpc) is 2.75. The Morgan fingerprint density at radius 2 is 1.94 bits per heavy atom.